The molecule has 34 heavy (non-hydrogen) atoms. The van der Waals surface area contributed by atoms with Crippen molar-refractivity contribution in [3.8, 4) is 17.0 Å². The van der Waals surface area contributed by atoms with Crippen LogP contribution in [0.1, 0.15) is 21.6 Å². The number of amides is 1. The molecule has 0 atom stereocenters. The zero-order chi connectivity index (χ0) is 23.7. The number of carbonyl (C=O) groups excluding carboxylic acids is 1. The van der Waals surface area contributed by atoms with Crippen molar-refractivity contribution in [2.45, 2.75) is 0 Å². The number of aromatic hydroxyl groups is 1. The largest absolute Gasteiger partial charge is 0.508 e. The van der Waals surface area contributed by atoms with Gasteiger partial charge in [-0.15, -0.1) is 0 Å². The Labute approximate surface area is 206 Å². The van der Waals surface area contributed by atoms with Crippen LogP contribution >= 0.6 is 23.2 Å². The first-order valence-corrected chi connectivity index (χ1v) is 11.6. The maximum absolute atomic E-state index is 13.6. The molecule has 9 heteroatoms. The number of phenolic OH excluding ortho intramolecular Hbond substituents is 1. The number of H-pyrrole nitrogens is 1. The number of fused-ring (bicyclic) bond motifs is 1. The highest BCUT2D eigenvalue weighted by molar-refractivity contribution is 6.35. The van der Waals surface area contributed by atoms with Crippen LogP contribution in [0.3, 0.4) is 0 Å². The van der Waals surface area contributed by atoms with Crippen LogP contribution in [0, 0.1) is 0 Å². The number of hydrogen-bond acceptors (Lipinski definition) is 5. The second-order valence-electron chi connectivity index (χ2n) is 7.98. The van der Waals surface area contributed by atoms with E-state index in [1.54, 1.807) is 42.5 Å². The van der Waals surface area contributed by atoms with Crippen molar-refractivity contribution in [3.05, 3.63) is 75.4 Å². The first-order valence-electron chi connectivity index (χ1n) is 10.8. The van der Waals surface area contributed by atoms with Gasteiger partial charge < -0.3 is 15.3 Å². The van der Waals surface area contributed by atoms with E-state index < -0.39 is 0 Å². The topological polar surface area (TPSA) is 94.1 Å². The number of carbonyl (C=O) groups is 1. The SMILES string of the molecule is O=C(c1cc(-c2ccc(O)cc2)nc2n[nH]c(/C=C/c3ccc(Cl)cc3Cl)c12)N1CCNCC1. The molecule has 2 aromatic heterocycles. The van der Waals surface area contributed by atoms with E-state index >= 15 is 0 Å². The first-order chi connectivity index (χ1) is 16.5. The van der Waals surface area contributed by atoms with Crippen molar-refractivity contribution in [1.29, 1.82) is 0 Å². The van der Waals surface area contributed by atoms with Crippen LogP contribution < -0.4 is 5.32 Å². The van der Waals surface area contributed by atoms with Gasteiger partial charge in [-0.2, -0.15) is 5.10 Å². The molecule has 3 heterocycles. The zero-order valence-electron chi connectivity index (χ0n) is 18.1. The summed E-state index contributed by atoms with van der Waals surface area (Å²) in [6.45, 7) is 2.75. The van der Waals surface area contributed by atoms with Gasteiger partial charge in [0, 0.05) is 41.8 Å². The van der Waals surface area contributed by atoms with Gasteiger partial charge in [0.1, 0.15) is 5.75 Å². The van der Waals surface area contributed by atoms with Crippen LogP contribution in [0.2, 0.25) is 10.0 Å². The van der Waals surface area contributed by atoms with Crippen molar-refractivity contribution in [2.24, 2.45) is 0 Å². The second-order valence-corrected chi connectivity index (χ2v) is 8.82. The summed E-state index contributed by atoms with van der Waals surface area (Å²) in [4.78, 5) is 20.1. The molecule has 1 aliphatic rings. The molecule has 0 spiro atoms. The van der Waals surface area contributed by atoms with Crippen molar-refractivity contribution < 1.29 is 9.90 Å². The van der Waals surface area contributed by atoms with Gasteiger partial charge in [-0.1, -0.05) is 35.3 Å². The van der Waals surface area contributed by atoms with Gasteiger partial charge >= 0.3 is 0 Å². The molecular formula is C25H21Cl2N5O2. The quantitative estimate of drug-likeness (QED) is 0.377. The van der Waals surface area contributed by atoms with Gasteiger partial charge in [-0.3, -0.25) is 9.89 Å². The molecule has 172 valence electrons. The molecule has 2 aromatic carbocycles. The normalized spacial score (nSPS) is 14.2. The molecule has 7 nitrogen and oxygen atoms in total. The second kappa shape index (κ2) is 9.46. The van der Waals surface area contributed by atoms with Crippen LogP contribution in [0.15, 0.2) is 48.5 Å². The Morgan fingerprint density at radius 1 is 1.03 bits per heavy atom. The van der Waals surface area contributed by atoms with Crippen molar-refractivity contribution in [1.82, 2.24) is 25.4 Å². The van der Waals surface area contributed by atoms with Crippen molar-refractivity contribution >= 4 is 52.3 Å². The zero-order valence-corrected chi connectivity index (χ0v) is 19.6. The lowest BCUT2D eigenvalue weighted by Crippen LogP contribution is -2.46. The molecule has 0 saturated carbocycles. The first kappa shape index (κ1) is 22.4. The molecule has 4 aromatic rings. The average molecular weight is 494 g/mol. The van der Waals surface area contributed by atoms with Gasteiger partial charge in [0.05, 0.1) is 22.3 Å². The molecule has 5 rings (SSSR count). The van der Waals surface area contributed by atoms with E-state index in [0.29, 0.717) is 51.1 Å². The number of benzene rings is 2. The van der Waals surface area contributed by atoms with E-state index in [9.17, 15) is 9.90 Å². The summed E-state index contributed by atoms with van der Waals surface area (Å²) in [6.07, 6.45) is 3.68. The molecule has 1 fully saturated rings. The summed E-state index contributed by atoms with van der Waals surface area (Å²) < 4.78 is 0. The third-order valence-corrected chi connectivity index (χ3v) is 6.30. The number of phenols is 1. The van der Waals surface area contributed by atoms with E-state index in [-0.39, 0.29) is 11.7 Å². The van der Waals surface area contributed by atoms with Gasteiger partial charge in [0.15, 0.2) is 5.65 Å². The van der Waals surface area contributed by atoms with Gasteiger partial charge in [-0.25, -0.2) is 4.98 Å². The van der Waals surface area contributed by atoms with E-state index in [1.807, 2.05) is 23.1 Å². The fourth-order valence-electron chi connectivity index (χ4n) is 3.96. The Kier molecular flexibility index (Phi) is 6.24. The summed E-state index contributed by atoms with van der Waals surface area (Å²) in [5.74, 6) is 0.0875. The summed E-state index contributed by atoms with van der Waals surface area (Å²) in [6, 6.07) is 13.8. The number of piperazine rings is 1. The minimum Gasteiger partial charge on any atom is -0.508 e. The average Bonchev–Trinajstić information content (AvgIpc) is 3.26. The number of nitrogens with one attached hydrogen (secondary N) is 2. The van der Waals surface area contributed by atoms with E-state index in [4.69, 9.17) is 23.2 Å². The number of pyridine rings is 1. The molecule has 1 aliphatic heterocycles. The highest BCUT2D eigenvalue weighted by Crippen LogP contribution is 2.30. The Morgan fingerprint density at radius 3 is 2.53 bits per heavy atom. The predicted octanol–water partition coefficient (Wildman–Crippen LogP) is 4.85. The Morgan fingerprint density at radius 2 is 1.79 bits per heavy atom. The summed E-state index contributed by atoms with van der Waals surface area (Å²) in [7, 11) is 0. The number of hydrogen-bond donors (Lipinski definition) is 3. The number of aromatic amines is 1. The van der Waals surface area contributed by atoms with Crippen LogP contribution in [0.5, 0.6) is 5.75 Å². The van der Waals surface area contributed by atoms with Crippen LogP contribution in [-0.2, 0) is 0 Å². The van der Waals surface area contributed by atoms with Gasteiger partial charge in [0.2, 0.25) is 0 Å². The molecule has 0 aliphatic carbocycles. The lowest BCUT2D eigenvalue weighted by atomic mass is 10.0. The summed E-state index contributed by atoms with van der Waals surface area (Å²) in [5, 5.41) is 22.0. The van der Waals surface area contributed by atoms with Gasteiger partial charge in [0.25, 0.3) is 5.91 Å². The minimum atomic E-state index is -0.0745. The molecule has 0 radical (unpaired) electrons. The van der Waals surface area contributed by atoms with Crippen LogP contribution in [0.25, 0.3) is 34.4 Å². The van der Waals surface area contributed by atoms with E-state index in [2.05, 4.69) is 20.5 Å². The molecule has 1 amide bonds. The van der Waals surface area contributed by atoms with Crippen LogP contribution in [-0.4, -0.2) is 57.3 Å². The van der Waals surface area contributed by atoms with Crippen LogP contribution in [0.4, 0.5) is 0 Å². The predicted molar refractivity (Wildman–Crippen MR) is 135 cm³/mol. The Hall–Kier alpha value is -3.39. The lowest BCUT2D eigenvalue weighted by molar-refractivity contribution is 0.0737. The van der Waals surface area contributed by atoms with Crippen molar-refractivity contribution in [2.75, 3.05) is 26.2 Å². The molecule has 3 N–H and O–H groups in total. The molecule has 1 saturated heterocycles. The standard InChI is InChI=1S/C25H21Cl2N5O2/c26-17-5-1-15(20(27)13-17)4-8-21-23-19(25(34)32-11-9-28-10-12-32)14-22(29-24(23)31-30-21)16-2-6-18(33)7-3-16/h1-8,13-14,28,33H,9-12H2,(H,29,30,31)/b8-4+. The molecular weight excluding hydrogens is 473 g/mol. The number of aromatic nitrogens is 3. The summed E-state index contributed by atoms with van der Waals surface area (Å²) in [5.41, 5.74) is 3.79. The third-order valence-electron chi connectivity index (χ3n) is 5.74. The Balaban J connectivity index is 1.62. The number of halogens is 2. The van der Waals surface area contributed by atoms with Crippen molar-refractivity contribution in [3.63, 3.8) is 0 Å². The number of nitrogens with zero attached hydrogens (tertiary/aromatic N) is 3. The monoisotopic (exact) mass is 493 g/mol. The lowest BCUT2D eigenvalue weighted by Gasteiger charge is -2.27. The third kappa shape index (κ3) is 4.50. The highest BCUT2D eigenvalue weighted by Gasteiger charge is 2.24. The summed E-state index contributed by atoms with van der Waals surface area (Å²) >= 11 is 12.3. The fraction of sp³-hybridized carbons (Fsp3) is 0.160. The maximum atomic E-state index is 13.6. The molecule has 0 unspecified atom stereocenters. The fourth-order valence-corrected chi connectivity index (χ4v) is 4.44. The molecule has 0 bridgehead atoms. The van der Waals surface area contributed by atoms with Gasteiger partial charge in [-0.05, 0) is 54.1 Å². The van der Waals surface area contributed by atoms with E-state index in [1.165, 1.54) is 0 Å². The Bertz CT molecular complexity index is 1390. The maximum Gasteiger partial charge on any atom is 0.254 e. The number of rotatable bonds is 4. The highest BCUT2D eigenvalue weighted by atomic mass is 35.5. The van der Waals surface area contributed by atoms with E-state index in [0.717, 1.165) is 24.2 Å². The smallest absolute Gasteiger partial charge is 0.254 e. The minimum absolute atomic E-state index is 0.0745.